The summed E-state index contributed by atoms with van der Waals surface area (Å²) in [4.78, 5) is 51.9. The number of carbonyl (C=O) groups excluding carboxylic acids is 4. The van der Waals surface area contributed by atoms with E-state index in [9.17, 15) is 19.2 Å². The fourth-order valence-electron chi connectivity index (χ4n) is 4.07. The molecule has 1 atom stereocenters. The van der Waals surface area contributed by atoms with E-state index in [1.165, 1.54) is 12.0 Å². The van der Waals surface area contributed by atoms with E-state index < -0.39 is 12.0 Å². The van der Waals surface area contributed by atoms with Crippen LogP contribution in [-0.2, 0) is 36.9 Å². The van der Waals surface area contributed by atoms with Crippen LogP contribution in [0.25, 0.3) is 0 Å². The van der Waals surface area contributed by atoms with Gasteiger partial charge in [0.15, 0.2) is 6.61 Å². The van der Waals surface area contributed by atoms with Crippen LogP contribution in [0.5, 0.6) is 11.5 Å². The van der Waals surface area contributed by atoms with Crippen LogP contribution in [0.4, 0.5) is 5.69 Å². The molecule has 10 nitrogen and oxygen atoms in total. The number of hydrogen-bond acceptors (Lipinski definition) is 7. The third-order valence-electron chi connectivity index (χ3n) is 6.00. The van der Waals surface area contributed by atoms with Gasteiger partial charge in [-0.15, -0.1) is 0 Å². The Morgan fingerprint density at radius 2 is 1.66 bits per heavy atom. The Kier molecular flexibility index (Phi) is 9.33. The molecule has 0 fully saturated rings. The van der Waals surface area contributed by atoms with Crippen LogP contribution in [0.3, 0.4) is 0 Å². The first kappa shape index (κ1) is 28.5. The molecule has 10 heteroatoms. The molecule has 0 bridgehead atoms. The second-order valence-electron chi connectivity index (χ2n) is 10.3. The number of anilines is 1. The van der Waals surface area contributed by atoms with E-state index in [4.69, 9.17) is 9.47 Å². The molecule has 0 radical (unpaired) electrons. The van der Waals surface area contributed by atoms with Gasteiger partial charge in [-0.1, -0.05) is 26.8 Å². The Bertz CT molecular complexity index is 1170. The number of amides is 3. The molecular formula is C28H35N3O7. The van der Waals surface area contributed by atoms with Gasteiger partial charge in [0.05, 0.1) is 20.8 Å². The minimum absolute atomic E-state index is 0.138. The average Bonchev–Trinajstić information content (AvgIpc) is 2.88. The number of benzene rings is 2. The fraction of sp³-hybridized carbons (Fsp3) is 0.429. The molecule has 0 aliphatic carbocycles. The number of hydrogen-bond donors (Lipinski definition) is 2. The summed E-state index contributed by atoms with van der Waals surface area (Å²) in [6, 6.07) is 11.4. The molecule has 1 aliphatic rings. The zero-order valence-corrected chi connectivity index (χ0v) is 22.5. The predicted octanol–water partition coefficient (Wildman–Crippen LogP) is 2.69. The second kappa shape index (κ2) is 12.4. The number of nitrogens with zero attached hydrogens (tertiary/aromatic N) is 1. The van der Waals surface area contributed by atoms with Gasteiger partial charge in [0.1, 0.15) is 17.5 Å². The average molecular weight is 526 g/mol. The molecule has 2 N–H and O–H groups in total. The first-order valence-electron chi connectivity index (χ1n) is 12.3. The lowest BCUT2D eigenvalue weighted by Gasteiger charge is -2.36. The largest absolute Gasteiger partial charge is 0.497 e. The molecule has 0 saturated carbocycles. The zero-order chi connectivity index (χ0) is 27.9. The molecule has 0 aromatic heterocycles. The van der Waals surface area contributed by atoms with Gasteiger partial charge in [-0.2, -0.15) is 0 Å². The van der Waals surface area contributed by atoms with Crippen LogP contribution < -0.4 is 20.1 Å². The molecule has 3 amide bonds. The molecule has 1 aliphatic heterocycles. The Morgan fingerprint density at radius 1 is 0.974 bits per heavy atom. The van der Waals surface area contributed by atoms with Gasteiger partial charge in [-0.05, 0) is 52.9 Å². The monoisotopic (exact) mass is 525 g/mol. The van der Waals surface area contributed by atoms with E-state index in [-0.39, 0.29) is 55.7 Å². The summed E-state index contributed by atoms with van der Waals surface area (Å²) in [6.45, 7) is 5.49. The maximum Gasteiger partial charge on any atom is 0.343 e. The Morgan fingerprint density at radius 3 is 2.29 bits per heavy atom. The van der Waals surface area contributed by atoms with Gasteiger partial charge < -0.3 is 29.7 Å². The predicted molar refractivity (Wildman–Crippen MR) is 141 cm³/mol. The van der Waals surface area contributed by atoms with Crippen LogP contribution >= 0.6 is 0 Å². The van der Waals surface area contributed by atoms with Crippen LogP contribution in [0.2, 0.25) is 0 Å². The van der Waals surface area contributed by atoms with Gasteiger partial charge in [-0.3, -0.25) is 14.4 Å². The van der Waals surface area contributed by atoms with Crippen molar-refractivity contribution in [3.05, 3.63) is 53.6 Å². The van der Waals surface area contributed by atoms with Gasteiger partial charge in [0.2, 0.25) is 17.7 Å². The molecule has 1 unspecified atom stereocenters. The standard InChI is InChI=1S/C28H35N3O7/c1-28(2,3)14-24(32)29-15-25(33)31-16-19-12-22(38-17-26(34)37-5)9-6-18(19)13-23(31)27(35)30-20-7-10-21(36-4)11-8-20/h6-12,23H,13-17H2,1-5H3,(H,29,32)(H,30,35). The van der Waals surface area contributed by atoms with E-state index in [2.05, 4.69) is 15.4 Å². The molecule has 0 spiro atoms. The molecule has 0 saturated heterocycles. The summed E-state index contributed by atoms with van der Waals surface area (Å²) < 4.78 is 15.3. The summed E-state index contributed by atoms with van der Waals surface area (Å²) in [7, 11) is 2.84. The number of carbonyl (C=O) groups is 4. The SMILES string of the molecule is COC(=O)COc1ccc2c(c1)CN(C(=O)CNC(=O)CC(C)(C)C)C(C(=O)Nc1ccc(OC)cc1)C2. The molecule has 38 heavy (non-hydrogen) atoms. The second-order valence-corrected chi connectivity index (χ2v) is 10.3. The van der Waals surface area contributed by atoms with Crippen LogP contribution in [0.15, 0.2) is 42.5 Å². The van der Waals surface area contributed by atoms with Crippen LogP contribution in [0, 0.1) is 5.41 Å². The Balaban J connectivity index is 1.80. The van der Waals surface area contributed by atoms with Crippen LogP contribution in [-0.4, -0.2) is 62.0 Å². The highest BCUT2D eigenvalue weighted by Crippen LogP contribution is 2.28. The summed E-state index contributed by atoms with van der Waals surface area (Å²) in [5, 5.41) is 5.55. The quantitative estimate of drug-likeness (QED) is 0.483. The summed E-state index contributed by atoms with van der Waals surface area (Å²) in [5.74, 6) is -0.375. The number of ether oxygens (including phenoxy) is 3. The number of esters is 1. The number of rotatable bonds is 9. The van der Waals surface area contributed by atoms with E-state index in [0.29, 0.717) is 17.2 Å². The first-order chi connectivity index (χ1) is 18.0. The van der Waals surface area contributed by atoms with Gasteiger partial charge in [0, 0.05) is 25.1 Å². The minimum Gasteiger partial charge on any atom is -0.497 e. The maximum absolute atomic E-state index is 13.4. The van der Waals surface area contributed by atoms with Crippen molar-refractivity contribution in [2.75, 3.05) is 32.7 Å². The third-order valence-corrected chi connectivity index (χ3v) is 6.00. The van der Waals surface area contributed by atoms with E-state index in [1.807, 2.05) is 26.8 Å². The van der Waals surface area contributed by atoms with E-state index in [1.54, 1.807) is 43.5 Å². The van der Waals surface area contributed by atoms with Crippen molar-refractivity contribution < 1.29 is 33.4 Å². The molecule has 2 aromatic carbocycles. The molecule has 3 rings (SSSR count). The lowest BCUT2D eigenvalue weighted by atomic mass is 9.92. The van der Waals surface area contributed by atoms with Crippen LogP contribution in [0.1, 0.15) is 38.3 Å². The van der Waals surface area contributed by atoms with E-state index >= 15 is 0 Å². The van der Waals surface area contributed by atoms with Gasteiger partial charge >= 0.3 is 5.97 Å². The smallest absolute Gasteiger partial charge is 0.343 e. The number of nitrogens with one attached hydrogen (secondary N) is 2. The van der Waals surface area contributed by atoms with Gasteiger partial charge in [-0.25, -0.2) is 4.79 Å². The van der Waals surface area contributed by atoms with Crippen molar-refractivity contribution in [3.63, 3.8) is 0 Å². The first-order valence-corrected chi connectivity index (χ1v) is 12.3. The van der Waals surface area contributed by atoms with Crippen molar-refractivity contribution in [2.45, 2.75) is 46.2 Å². The summed E-state index contributed by atoms with van der Waals surface area (Å²) >= 11 is 0. The van der Waals surface area contributed by atoms with Crippen molar-refractivity contribution in [3.8, 4) is 11.5 Å². The summed E-state index contributed by atoms with van der Waals surface area (Å²) in [5.41, 5.74) is 2.01. The number of methoxy groups -OCH3 is 2. The molecule has 204 valence electrons. The number of fused-ring (bicyclic) bond motifs is 1. The molecular weight excluding hydrogens is 490 g/mol. The lowest BCUT2D eigenvalue weighted by Crippen LogP contribution is -2.53. The van der Waals surface area contributed by atoms with Gasteiger partial charge in [0.25, 0.3) is 0 Å². The Hall–Kier alpha value is -4.08. The Labute approximate surface area is 222 Å². The highest BCUT2D eigenvalue weighted by atomic mass is 16.6. The lowest BCUT2D eigenvalue weighted by molar-refractivity contribution is -0.143. The zero-order valence-electron chi connectivity index (χ0n) is 22.5. The van der Waals surface area contributed by atoms with Crippen molar-refractivity contribution in [2.24, 2.45) is 5.41 Å². The van der Waals surface area contributed by atoms with Crippen molar-refractivity contribution in [1.29, 1.82) is 0 Å². The normalized spacial score (nSPS) is 14.7. The minimum atomic E-state index is -0.793. The summed E-state index contributed by atoms with van der Waals surface area (Å²) in [6.07, 6.45) is 0.543. The molecule has 1 heterocycles. The van der Waals surface area contributed by atoms with E-state index in [0.717, 1.165) is 11.1 Å². The fourth-order valence-corrected chi connectivity index (χ4v) is 4.07. The van der Waals surface area contributed by atoms with Crippen molar-refractivity contribution in [1.82, 2.24) is 10.2 Å². The van der Waals surface area contributed by atoms with Crippen molar-refractivity contribution >= 4 is 29.4 Å². The molecule has 2 aromatic rings. The highest BCUT2D eigenvalue weighted by molar-refractivity contribution is 5.98. The third kappa shape index (κ3) is 7.96. The highest BCUT2D eigenvalue weighted by Gasteiger charge is 2.35. The maximum atomic E-state index is 13.4. The topological polar surface area (TPSA) is 123 Å².